The lowest BCUT2D eigenvalue weighted by atomic mass is 9.65. The van der Waals surface area contributed by atoms with E-state index in [-0.39, 0.29) is 12.4 Å². The Morgan fingerprint density at radius 3 is 2.61 bits per heavy atom. The van der Waals surface area contributed by atoms with Crippen molar-refractivity contribution in [2.75, 3.05) is 13.2 Å². The minimum Gasteiger partial charge on any atom is -0.494 e. The first-order valence-corrected chi connectivity index (χ1v) is 6.52. The van der Waals surface area contributed by atoms with Gasteiger partial charge < -0.3 is 9.84 Å². The topological polar surface area (TPSA) is 46.5 Å². The highest BCUT2D eigenvalue weighted by Gasteiger charge is 2.43. The number of ether oxygens (including phenoxy) is 1. The molecular weight excluding hydrogens is 228 g/mol. The van der Waals surface area contributed by atoms with E-state index in [0.717, 1.165) is 30.6 Å². The van der Waals surface area contributed by atoms with Crippen LogP contribution in [0.2, 0.25) is 0 Å². The third-order valence-corrected chi connectivity index (χ3v) is 3.83. The molecule has 1 aromatic carbocycles. The lowest BCUT2D eigenvalue weighted by molar-refractivity contribution is 0.0348. The summed E-state index contributed by atoms with van der Waals surface area (Å²) in [5, 5.41) is 9.43. The number of Topliss-reactive ketones (excluding diaryl/α,β-unsaturated/α-hetero) is 1. The third-order valence-electron chi connectivity index (χ3n) is 3.83. The number of aryl methyl sites for hydroxylation is 1. The van der Waals surface area contributed by atoms with Crippen LogP contribution in [0.25, 0.3) is 0 Å². The van der Waals surface area contributed by atoms with Gasteiger partial charge in [-0.15, -0.1) is 0 Å². The summed E-state index contributed by atoms with van der Waals surface area (Å²) in [6.07, 6.45) is 2.63. The van der Waals surface area contributed by atoms with E-state index in [1.165, 1.54) is 0 Å². The summed E-state index contributed by atoms with van der Waals surface area (Å²) in [6.45, 7) is 4.45. The molecule has 1 aliphatic carbocycles. The van der Waals surface area contributed by atoms with E-state index in [0.29, 0.717) is 12.2 Å². The highest BCUT2D eigenvalue weighted by Crippen LogP contribution is 2.43. The normalized spacial score (nSPS) is 17.1. The van der Waals surface area contributed by atoms with Gasteiger partial charge in [-0.05, 0) is 50.5 Å². The quantitative estimate of drug-likeness (QED) is 0.815. The molecule has 1 saturated carbocycles. The summed E-state index contributed by atoms with van der Waals surface area (Å²) in [4.78, 5) is 12.4. The molecule has 0 atom stereocenters. The average Bonchev–Trinajstić information content (AvgIpc) is 2.31. The maximum Gasteiger partial charge on any atom is 0.171 e. The van der Waals surface area contributed by atoms with Crippen molar-refractivity contribution in [3.05, 3.63) is 29.3 Å². The van der Waals surface area contributed by atoms with E-state index >= 15 is 0 Å². The third kappa shape index (κ3) is 2.15. The SMILES string of the molecule is CCOc1ccc(C(=O)C2(CO)CCC2)cc1C. The number of rotatable bonds is 5. The van der Waals surface area contributed by atoms with E-state index in [4.69, 9.17) is 4.74 Å². The van der Waals surface area contributed by atoms with Crippen LogP contribution in [0.3, 0.4) is 0 Å². The Labute approximate surface area is 108 Å². The van der Waals surface area contributed by atoms with Crippen LogP contribution in [0.15, 0.2) is 18.2 Å². The number of benzene rings is 1. The van der Waals surface area contributed by atoms with Gasteiger partial charge in [0.15, 0.2) is 5.78 Å². The predicted octanol–water partition coefficient (Wildman–Crippen LogP) is 2.74. The predicted molar refractivity (Wildman–Crippen MR) is 70.0 cm³/mol. The van der Waals surface area contributed by atoms with Gasteiger partial charge in [0.25, 0.3) is 0 Å². The summed E-state index contributed by atoms with van der Waals surface area (Å²) in [5.41, 5.74) is 1.14. The minimum absolute atomic E-state index is 0.0436. The van der Waals surface area contributed by atoms with E-state index in [1.54, 1.807) is 6.07 Å². The number of aliphatic hydroxyl groups excluding tert-OH is 1. The van der Waals surface area contributed by atoms with Gasteiger partial charge in [-0.25, -0.2) is 0 Å². The number of hydrogen-bond donors (Lipinski definition) is 1. The number of hydrogen-bond acceptors (Lipinski definition) is 3. The van der Waals surface area contributed by atoms with Crippen molar-refractivity contribution >= 4 is 5.78 Å². The Bertz CT molecular complexity index is 442. The second-order valence-electron chi connectivity index (χ2n) is 5.03. The van der Waals surface area contributed by atoms with Crippen LogP contribution in [0.5, 0.6) is 5.75 Å². The molecule has 1 N–H and O–H groups in total. The van der Waals surface area contributed by atoms with Gasteiger partial charge in [-0.2, -0.15) is 0 Å². The fraction of sp³-hybridized carbons (Fsp3) is 0.533. The highest BCUT2D eigenvalue weighted by atomic mass is 16.5. The van der Waals surface area contributed by atoms with Crippen LogP contribution in [-0.4, -0.2) is 24.1 Å². The van der Waals surface area contributed by atoms with Crippen LogP contribution in [-0.2, 0) is 0 Å². The standard InChI is InChI=1S/C15H20O3/c1-3-18-13-6-5-12(9-11(13)2)14(17)15(10-16)7-4-8-15/h5-6,9,16H,3-4,7-8,10H2,1-2H3. The molecule has 0 aromatic heterocycles. The van der Waals surface area contributed by atoms with Crippen LogP contribution >= 0.6 is 0 Å². The van der Waals surface area contributed by atoms with Gasteiger partial charge in [0.2, 0.25) is 0 Å². The molecule has 0 unspecified atom stereocenters. The molecule has 3 heteroatoms. The second kappa shape index (κ2) is 5.11. The average molecular weight is 248 g/mol. The van der Waals surface area contributed by atoms with E-state index in [1.807, 2.05) is 26.0 Å². The molecule has 0 aliphatic heterocycles. The van der Waals surface area contributed by atoms with Crippen molar-refractivity contribution in [1.29, 1.82) is 0 Å². The Kier molecular flexibility index (Phi) is 3.71. The maximum atomic E-state index is 12.4. The Hall–Kier alpha value is -1.35. The van der Waals surface area contributed by atoms with Crippen LogP contribution < -0.4 is 4.74 Å². The zero-order valence-corrected chi connectivity index (χ0v) is 11.0. The first-order valence-electron chi connectivity index (χ1n) is 6.52. The molecule has 0 radical (unpaired) electrons. The summed E-state index contributed by atoms with van der Waals surface area (Å²) in [6, 6.07) is 5.51. The number of carbonyl (C=O) groups excluding carboxylic acids is 1. The highest BCUT2D eigenvalue weighted by molar-refractivity contribution is 6.01. The molecule has 0 saturated heterocycles. The number of ketones is 1. The summed E-state index contributed by atoms with van der Waals surface area (Å²) in [7, 11) is 0. The van der Waals surface area contributed by atoms with Gasteiger partial charge in [-0.3, -0.25) is 4.79 Å². The van der Waals surface area contributed by atoms with Gasteiger partial charge in [-0.1, -0.05) is 6.42 Å². The summed E-state index contributed by atoms with van der Waals surface area (Å²) < 4.78 is 5.46. The fourth-order valence-electron chi connectivity index (χ4n) is 2.47. The molecule has 98 valence electrons. The lowest BCUT2D eigenvalue weighted by Crippen LogP contribution is -2.41. The Balaban J connectivity index is 2.23. The van der Waals surface area contributed by atoms with Gasteiger partial charge in [0.1, 0.15) is 5.75 Å². The second-order valence-corrected chi connectivity index (χ2v) is 5.03. The van der Waals surface area contributed by atoms with Gasteiger partial charge in [0.05, 0.1) is 18.6 Å². The van der Waals surface area contributed by atoms with Crippen LogP contribution in [0.1, 0.15) is 42.1 Å². The number of carbonyl (C=O) groups is 1. The van der Waals surface area contributed by atoms with Crippen LogP contribution in [0, 0.1) is 12.3 Å². The molecule has 0 heterocycles. The van der Waals surface area contributed by atoms with Gasteiger partial charge >= 0.3 is 0 Å². The molecule has 2 rings (SSSR count). The largest absolute Gasteiger partial charge is 0.494 e. The summed E-state index contributed by atoms with van der Waals surface area (Å²) >= 11 is 0. The van der Waals surface area contributed by atoms with E-state index in [2.05, 4.69) is 0 Å². The lowest BCUT2D eigenvalue weighted by Gasteiger charge is -2.38. The fourth-order valence-corrected chi connectivity index (χ4v) is 2.47. The molecule has 0 spiro atoms. The van der Waals surface area contributed by atoms with Crippen molar-refractivity contribution in [3.63, 3.8) is 0 Å². The zero-order valence-electron chi connectivity index (χ0n) is 11.0. The molecule has 1 aliphatic rings. The Morgan fingerprint density at radius 2 is 2.17 bits per heavy atom. The van der Waals surface area contributed by atoms with Crippen molar-refractivity contribution in [1.82, 2.24) is 0 Å². The van der Waals surface area contributed by atoms with Gasteiger partial charge in [0, 0.05) is 5.56 Å². The first-order chi connectivity index (χ1) is 8.63. The molecule has 0 bridgehead atoms. The van der Waals surface area contributed by atoms with E-state index in [9.17, 15) is 9.90 Å². The van der Waals surface area contributed by atoms with Crippen LogP contribution in [0.4, 0.5) is 0 Å². The molecule has 3 nitrogen and oxygen atoms in total. The smallest absolute Gasteiger partial charge is 0.171 e. The Morgan fingerprint density at radius 1 is 1.44 bits per heavy atom. The monoisotopic (exact) mass is 248 g/mol. The first kappa shape index (κ1) is 13.1. The van der Waals surface area contributed by atoms with Crippen molar-refractivity contribution in [3.8, 4) is 5.75 Å². The molecule has 1 aromatic rings. The maximum absolute atomic E-state index is 12.4. The molecule has 18 heavy (non-hydrogen) atoms. The zero-order chi connectivity index (χ0) is 13.2. The van der Waals surface area contributed by atoms with Crippen molar-refractivity contribution in [2.24, 2.45) is 5.41 Å². The van der Waals surface area contributed by atoms with Crippen molar-refractivity contribution < 1.29 is 14.6 Å². The summed E-state index contributed by atoms with van der Waals surface area (Å²) in [5.74, 6) is 0.892. The molecule has 0 amide bonds. The minimum atomic E-state index is -0.514. The number of aliphatic hydroxyl groups is 1. The van der Waals surface area contributed by atoms with Crippen molar-refractivity contribution in [2.45, 2.75) is 33.1 Å². The molecule has 1 fully saturated rings. The van der Waals surface area contributed by atoms with E-state index < -0.39 is 5.41 Å². The molecular formula is C15H20O3.